The molecule has 0 aliphatic heterocycles. The van der Waals surface area contributed by atoms with Gasteiger partial charge >= 0.3 is 0 Å². The molecule has 5 nitrogen and oxygen atoms in total. The fraction of sp³-hybridized carbons (Fsp3) is 0.294. The topological polar surface area (TPSA) is 60.3 Å². The maximum atomic E-state index is 12.3. The minimum atomic E-state index is -0.138. The fourth-order valence-corrected chi connectivity index (χ4v) is 2.91. The lowest BCUT2D eigenvalue weighted by Gasteiger charge is -2.12. The highest BCUT2D eigenvalue weighted by Crippen LogP contribution is 2.19. The van der Waals surface area contributed by atoms with Crippen LogP contribution < -0.4 is 15.6 Å². The Bertz CT molecular complexity index is 756. The molecular formula is C17H20N2O3S. The van der Waals surface area contributed by atoms with Crippen LogP contribution in [0.5, 0.6) is 5.75 Å². The number of rotatable bonds is 6. The van der Waals surface area contributed by atoms with Gasteiger partial charge in [0.25, 0.3) is 11.5 Å². The minimum Gasteiger partial charge on any atom is -0.496 e. The SMILES string of the molecule is COc1cc(C)n(CCNC(=O)c2ccccc2SC)c(=O)c1. The number of methoxy groups -OCH3 is 1. The number of aryl methyl sites for hydroxylation is 1. The lowest BCUT2D eigenvalue weighted by atomic mass is 10.2. The van der Waals surface area contributed by atoms with Crippen molar-refractivity contribution < 1.29 is 9.53 Å². The Kier molecular flexibility index (Phi) is 5.87. The van der Waals surface area contributed by atoms with Gasteiger partial charge in [0, 0.05) is 29.7 Å². The molecule has 1 N–H and O–H groups in total. The molecule has 2 aromatic rings. The Balaban J connectivity index is 2.03. The van der Waals surface area contributed by atoms with Crippen molar-refractivity contribution in [2.24, 2.45) is 0 Å². The molecule has 0 spiro atoms. The summed E-state index contributed by atoms with van der Waals surface area (Å²) in [5, 5.41) is 2.86. The zero-order valence-corrected chi connectivity index (χ0v) is 14.3. The van der Waals surface area contributed by atoms with E-state index in [1.807, 2.05) is 31.4 Å². The zero-order chi connectivity index (χ0) is 16.8. The molecular weight excluding hydrogens is 312 g/mol. The van der Waals surface area contributed by atoms with Crippen LogP contribution in [-0.2, 0) is 6.54 Å². The number of nitrogens with one attached hydrogen (secondary N) is 1. The lowest BCUT2D eigenvalue weighted by molar-refractivity contribution is 0.0949. The van der Waals surface area contributed by atoms with Crippen molar-refractivity contribution in [2.45, 2.75) is 18.4 Å². The molecule has 0 aliphatic carbocycles. The van der Waals surface area contributed by atoms with Crippen molar-refractivity contribution in [1.29, 1.82) is 0 Å². The summed E-state index contributed by atoms with van der Waals surface area (Å²) in [6, 6.07) is 10.7. The highest BCUT2D eigenvalue weighted by Gasteiger charge is 2.10. The van der Waals surface area contributed by atoms with E-state index in [-0.39, 0.29) is 11.5 Å². The number of thioether (sulfide) groups is 1. The summed E-state index contributed by atoms with van der Waals surface area (Å²) in [6.45, 7) is 2.64. The smallest absolute Gasteiger partial charge is 0.254 e. The Hall–Kier alpha value is -2.21. The first kappa shape index (κ1) is 17.1. The predicted octanol–water partition coefficient (Wildman–Crippen LogP) is 2.32. The Morgan fingerprint density at radius 3 is 2.70 bits per heavy atom. The van der Waals surface area contributed by atoms with E-state index in [2.05, 4.69) is 5.32 Å². The van der Waals surface area contributed by atoms with Crippen LogP contribution in [0.4, 0.5) is 0 Å². The van der Waals surface area contributed by atoms with Crippen LogP contribution in [0.15, 0.2) is 46.1 Å². The second-order valence-electron chi connectivity index (χ2n) is 4.98. The van der Waals surface area contributed by atoms with Gasteiger partial charge in [-0.3, -0.25) is 9.59 Å². The predicted molar refractivity (Wildman–Crippen MR) is 92.5 cm³/mol. The van der Waals surface area contributed by atoms with Crippen molar-refractivity contribution in [2.75, 3.05) is 19.9 Å². The molecule has 1 amide bonds. The summed E-state index contributed by atoms with van der Waals surface area (Å²) in [6.07, 6.45) is 1.94. The van der Waals surface area contributed by atoms with Crippen LogP contribution >= 0.6 is 11.8 Å². The van der Waals surface area contributed by atoms with Gasteiger partial charge in [-0.1, -0.05) is 12.1 Å². The van der Waals surface area contributed by atoms with Crippen LogP contribution in [0, 0.1) is 6.92 Å². The van der Waals surface area contributed by atoms with Crippen LogP contribution in [0.2, 0.25) is 0 Å². The van der Waals surface area contributed by atoms with Gasteiger partial charge < -0.3 is 14.6 Å². The van der Waals surface area contributed by atoms with Gasteiger partial charge in [-0.15, -0.1) is 11.8 Å². The number of nitrogens with zero attached hydrogens (tertiary/aromatic N) is 1. The molecule has 0 aliphatic rings. The largest absolute Gasteiger partial charge is 0.496 e. The molecule has 2 rings (SSSR count). The van der Waals surface area contributed by atoms with Gasteiger partial charge in [-0.05, 0) is 31.4 Å². The number of ether oxygens (including phenoxy) is 1. The van der Waals surface area contributed by atoms with Crippen molar-refractivity contribution in [3.63, 3.8) is 0 Å². The number of aromatic nitrogens is 1. The zero-order valence-electron chi connectivity index (χ0n) is 13.5. The first-order valence-electron chi connectivity index (χ1n) is 7.23. The molecule has 0 saturated carbocycles. The van der Waals surface area contributed by atoms with Gasteiger partial charge in [0.2, 0.25) is 0 Å². The van der Waals surface area contributed by atoms with Crippen molar-refractivity contribution >= 4 is 17.7 Å². The average molecular weight is 332 g/mol. The van der Waals surface area contributed by atoms with Crippen LogP contribution in [0.3, 0.4) is 0 Å². The van der Waals surface area contributed by atoms with Gasteiger partial charge in [0.05, 0.1) is 12.7 Å². The summed E-state index contributed by atoms with van der Waals surface area (Å²) in [5.41, 5.74) is 1.31. The molecule has 23 heavy (non-hydrogen) atoms. The summed E-state index contributed by atoms with van der Waals surface area (Å²) >= 11 is 1.53. The molecule has 1 aromatic carbocycles. The summed E-state index contributed by atoms with van der Waals surface area (Å²) in [4.78, 5) is 25.2. The first-order valence-corrected chi connectivity index (χ1v) is 8.46. The summed E-state index contributed by atoms with van der Waals surface area (Å²) in [5.74, 6) is 0.413. The monoisotopic (exact) mass is 332 g/mol. The Morgan fingerprint density at radius 2 is 2.04 bits per heavy atom. The van der Waals surface area contributed by atoms with E-state index in [0.29, 0.717) is 24.4 Å². The third-order valence-corrected chi connectivity index (χ3v) is 4.31. The minimum absolute atomic E-state index is 0.130. The third-order valence-electron chi connectivity index (χ3n) is 3.52. The molecule has 0 bridgehead atoms. The fourth-order valence-electron chi connectivity index (χ4n) is 2.31. The molecule has 1 heterocycles. The van der Waals surface area contributed by atoms with Crippen molar-refractivity contribution in [3.8, 4) is 5.75 Å². The second-order valence-corrected chi connectivity index (χ2v) is 5.83. The van der Waals surface area contributed by atoms with Gasteiger partial charge in [-0.2, -0.15) is 0 Å². The van der Waals surface area contributed by atoms with E-state index < -0.39 is 0 Å². The van der Waals surface area contributed by atoms with E-state index in [9.17, 15) is 9.59 Å². The van der Waals surface area contributed by atoms with Crippen LogP contribution in [-0.4, -0.2) is 30.4 Å². The standard InChI is InChI=1S/C17H20N2O3S/c1-12-10-13(22-2)11-16(20)19(12)9-8-18-17(21)14-6-4-5-7-15(14)23-3/h4-7,10-11H,8-9H2,1-3H3,(H,18,21). The first-order chi connectivity index (χ1) is 11.1. The number of hydrogen-bond donors (Lipinski definition) is 1. The van der Waals surface area contributed by atoms with Crippen LogP contribution in [0.1, 0.15) is 16.1 Å². The summed E-state index contributed by atoms with van der Waals surface area (Å²) < 4.78 is 6.69. The number of carbonyl (C=O) groups excluding carboxylic acids is 1. The number of hydrogen-bond acceptors (Lipinski definition) is 4. The van der Waals surface area contributed by atoms with E-state index in [4.69, 9.17) is 4.74 Å². The maximum Gasteiger partial charge on any atom is 0.254 e. The van der Waals surface area contributed by atoms with Gasteiger partial charge in [0.15, 0.2) is 0 Å². The Labute approximate surface area is 139 Å². The number of benzene rings is 1. The molecule has 0 atom stereocenters. The highest BCUT2D eigenvalue weighted by molar-refractivity contribution is 7.98. The lowest BCUT2D eigenvalue weighted by Crippen LogP contribution is -2.31. The maximum absolute atomic E-state index is 12.3. The van der Waals surface area contributed by atoms with E-state index in [1.54, 1.807) is 16.7 Å². The molecule has 0 fully saturated rings. The van der Waals surface area contributed by atoms with Crippen molar-refractivity contribution in [1.82, 2.24) is 9.88 Å². The second kappa shape index (κ2) is 7.87. The van der Waals surface area contributed by atoms with E-state index in [1.165, 1.54) is 24.9 Å². The van der Waals surface area contributed by atoms with E-state index >= 15 is 0 Å². The summed E-state index contributed by atoms with van der Waals surface area (Å²) in [7, 11) is 1.53. The number of amides is 1. The quantitative estimate of drug-likeness (QED) is 0.825. The molecule has 6 heteroatoms. The molecule has 0 unspecified atom stereocenters. The van der Waals surface area contributed by atoms with Gasteiger partial charge in [0.1, 0.15) is 5.75 Å². The number of carbonyl (C=O) groups is 1. The molecule has 0 radical (unpaired) electrons. The van der Waals surface area contributed by atoms with E-state index in [0.717, 1.165) is 10.6 Å². The Morgan fingerprint density at radius 1 is 1.30 bits per heavy atom. The number of pyridine rings is 1. The molecule has 0 saturated heterocycles. The average Bonchev–Trinajstić information content (AvgIpc) is 2.56. The third kappa shape index (κ3) is 4.16. The van der Waals surface area contributed by atoms with Crippen LogP contribution in [0.25, 0.3) is 0 Å². The molecule has 122 valence electrons. The molecule has 1 aromatic heterocycles. The highest BCUT2D eigenvalue weighted by atomic mass is 32.2. The normalized spacial score (nSPS) is 10.4. The van der Waals surface area contributed by atoms with Crippen molar-refractivity contribution in [3.05, 3.63) is 58.0 Å². The van der Waals surface area contributed by atoms with Gasteiger partial charge in [-0.25, -0.2) is 0 Å².